The van der Waals surface area contributed by atoms with E-state index in [1.165, 1.54) is 23.7 Å². The molecule has 1 aromatic heterocycles. The predicted molar refractivity (Wildman–Crippen MR) is 591 cm³/mol. The van der Waals surface area contributed by atoms with Crippen LogP contribution >= 0.6 is 0 Å². The van der Waals surface area contributed by atoms with Crippen molar-refractivity contribution in [3.63, 3.8) is 0 Å². The summed E-state index contributed by atoms with van der Waals surface area (Å²) in [5.41, 5.74) is 2.36. The molecule has 6 rings (SSSR count). The van der Waals surface area contributed by atoms with Gasteiger partial charge in [-0.25, -0.2) is 0 Å². The molecule has 1 unspecified atom stereocenters. The lowest BCUT2D eigenvalue weighted by atomic mass is 9.78. The summed E-state index contributed by atoms with van der Waals surface area (Å²) in [6.07, 6.45) is 14.8. The van der Waals surface area contributed by atoms with Crippen LogP contribution in [0.15, 0.2) is 108 Å². The second-order valence-corrected chi connectivity index (χ2v) is 40.0. The monoisotopic (exact) mass is 2090 g/mol. The van der Waals surface area contributed by atoms with Gasteiger partial charge in [-0.15, -0.1) is 0 Å². The van der Waals surface area contributed by atoms with Crippen molar-refractivity contribution in [2.45, 2.75) is 422 Å². The molecular weight excluding hydrogens is 1880 g/mol. The van der Waals surface area contributed by atoms with E-state index in [9.17, 15) is 0 Å². The predicted octanol–water partition coefficient (Wildman–Crippen LogP) is 25.7. The zero-order chi connectivity index (χ0) is 111. The molecule has 147 heavy (non-hydrogen) atoms. The van der Waals surface area contributed by atoms with Crippen LogP contribution in [0.1, 0.15) is 306 Å². The van der Waals surface area contributed by atoms with Crippen LogP contribution in [0.4, 0.5) is 0 Å². The molecule has 0 saturated heterocycles. The van der Waals surface area contributed by atoms with Crippen LogP contribution in [0.2, 0.25) is 0 Å². The molecule has 29 nitrogen and oxygen atoms in total. The van der Waals surface area contributed by atoms with Gasteiger partial charge < -0.3 is 137 Å². The van der Waals surface area contributed by atoms with Crippen LogP contribution < -0.4 is 42.6 Å². The van der Waals surface area contributed by atoms with Gasteiger partial charge >= 0.3 is 0 Å². The summed E-state index contributed by atoms with van der Waals surface area (Å²) >= 11 is 0. The molecule has 0 bridgehead atoms. The van der Waals surface area contributed by atoms with Gasteiger partial charge in [0.05, 0.1) is 208 Å². The van der Waals surface area contributed by atoms with E-state index in [4.69, 9.17) is 137 Å². The fraction of sp³-hybridized carbons (Fsp3) is 0.763. The summed E-state index contributed by atoms with van der Waals surface area (Å²) in [6.45, 7) is 90.2. The summed E-state index contributed by atoms with van der Waals surface area (Å²) in [5, 5.41) is 0. The molecular formula is C118H212O29. The van der Waals surface area contributed by atoms with Crippen molar-refractivity contribution in [3.05, 3.63) is 115 Å². The first-order valence-electron chi connectivity index (χ1n) is 54.7. The van der Waals surface area contributed by atoms with Gasteiger partial charge in [0.1, 0.15) is 112 Å². The minimum Gasteiger partial charge on any atom is -0.491 e. The molecule has 29 heteroatoms. The third-order valence-electron chi connectivity index (χ3n) is 19.3. The minimum absolute atomic E-state index is 0.113. The molecule has 0 aliphatic heterocycles. The quantitative estimate of drug-likeness (QED) is 0.0258. The van der Waals surface area contributed by atoms with E-state index in [1.807, 2.05) is 254 Å². The lowest BCUT2D eigenvalue weighted by Crippen LogP contribution is -2.29. The molecule has 1 atom stereocenters. The third-order valence-corrected chi connectivity index (χ3v) is 19.3. The second-order valence-electron chi connectivity index (χ2n) is 40.0. The van der Waals surface area contributed by atoms with E-state index in [1.54, 1.807) is 0 Å². The molecule has 0 N–H and O–H groups in total. The summed E-state index contributed by atoms with van der Waals surface area (Å²) in [6, 6.07) is 29.8. The van der Waals surface area contributed by atoms with Crippen molar-refractivity contribution in [2.75, 3.05) is 172 Å². The van der Waals surface area contributed by atoms with Gasteiger partial charge in [-0.3, -0.25) is 0 Å². The number of furan rings is 1. The molecule has 1 aliphatic rings. The minimum atomic E-state index is -0.303. The van der Waals surface area contributed by atoms with Crippen LogP contribution in [0.5, 0.6) is 51.7 Å². The molecule has 1 saturated carbocycles. The number of hydrogen-bond acceptors (Lipinski definition) is 29. The lowest BCUT2D eigenvalue weighted by Gasteiger charge is -2.30. The molecule has 0 amide bonds. The Morgan fingerprint density at radius 3 is 0.721 bits per heavy atom. The molecule has 5 aromatic rings. The number of benzene rings is 4. The van der Waals surface area contributed by atoms with Crippen LogP contribution in [-0.2, 0) is 95.4 Å². The molecule has 1 aliphatic carbocycles. The first-order valence-corrected chi connectivity index (χ1v) is 54.7. The highest BCUT2D eigenvalue weighted by Gasteiger charge is 2.26. The summed E-state index contributed by atoms with van der Waals surface area (Å²) in [5.74, 6) is 6.56. The van der Waals surface area contributed by atoms with Gasteiger partial charge in [0, 0.05) is 49.5 Å². The average Bonchev–Trinajstić information content (AvgIpc) is 1.63. The number of rotatable bonds is 73. The molecule has 0 radical (unpaired) electrons. The molecule has 4 aromatic carbocycles. The Morgan fingerprint density at radius 1 is 0.238 bits per heavy atom. The van der Waals surface area contributed by atoms with Crippen LogP contribution in [-0.4, -0.2) is 294 Å². The second kappa shape index (κ2) is 92.1. The Bertz CT molecular complexity index is 3400. The zero-order valence-electron chi connectivity index (χ0n) is 98.8. The Balaban J connectivity index is 0. The van der Waals surface area contributed by atoms with E-state index >= 15 is 0 Å². The maximum Gasteiger partial charge on any atom is 0.199 e. The Labute approximate surface area is 893 Å². The normalized spacial score (nSPS) is 13.3. The number of ether oxygens (including phenoxy) is 28. The highest BCUT2D eigenvalue weighted by molar-refractivity contribution is 5.43. The number of unbranched alkanes of at least 4 members (excludes halogenated alkanes) is 1. The largest absolute Gasteiger partial charge is 0.491 e. The maximum atomic E-state index is 5.79. The van der Waals surface area contributed by atoms with E-state index in [-0.39, 0.29) is 78.8 Å². The average molecular weight is 2090 g/mol. The zero-order valence-corrected chi connectivity index (χ0v) is 98.8. The van der Waals surface area contributed by atoms with E-state index in [2.05, 4.69) is 93.5 Å². The van der Waals surface area contributed by atoms with Gasteiger partial charge in [0.15, 0.2) is 17.8 Å². The Morgan fingerprint density at radius 2 is 0.469 bits per heavy atom. The standard InChI is InChI=1S/C25H36O4.C21H36O6.C16H26O4.C14H24O5.C12H26O4.C12H24O2.C10H22O2.C8H18O2/c1-19(2)26-15-17-28-23-11-7-21(8-12-23)25(5,6)22-9-13-24(14-10-22)29-18-16-27-20(3)4;1-16(2)22-7-10-25-19-13-20(26-11-8-23-17(3)4)15-21(14-19)27-12-9-24-18(5)6;1-13(2)17-8-10-19-15-6-5-7-16(12-15)20-11-9-18-14(3)4;1-11(2)16-5-7-18-13-9-15-10-14(13)19-8-6-17-12(3)4;1-6-13-7-8-14-12(16-11(4)5)9-15-10(2)3;1-9(2)13-11-5-7-12(8-6-11)14-10(3)4;1-9(2)11-7-5-6-8-12-10(3)4;1-7(2)9-5-6-10-8(3)4/h7-14,19-20H,15-18H2,1-6H3;13-18H,7-12H2,1-6H3;5-7,12-14H,8-11H2,1-4H3;9-12H,5-8H2,1-4H3;10-12H,6-9H2,1-5H3;9-12H,5-8H2,1-4H3;9-10H,5-8H2,1-4H3;7-8H,5-6H2,1-4H3. The van der Waals surface area contributed by atoms with Crippen molar-refractivity contribution >= 4 is 0 Å². The SMILES string of the molecule is CC(C)OC1CCC(OC(C)C)CC1.CC(C)OCCCCOC(C)C.CC(C)OCCOC(C)C.CC(C)OCCOc1cc(OCCOC(C)C)cc(OCCOC(C)C)c1.CC(C)OCCOc1ccc(C(C)(C)c2ccc(OCCOC(C)C)cc2)cc1.CC(C)OCCOc1cccc(OCCOC(C)C)c1.CC(C)OCCOc1cocc1OCCOC(C)C.CCOCCOC(COC(C)C)OC(C)C. The molecule has 0 spiro atoms. The topological polar surface area (TPSA) is 272 Å². The van der Waals surface area contributed by atoms with Crippen molar-refractivity contribution in [3.8, 4) is 51.7 Å². The molecule has 1 heterocycles. The summed E-state index contributed by atoms with van der Waals surface area (Å²) in [4.78, 5) is 0. The van der Waals surface area contributed by atoms with Crippen molar-refractivity contribution < 1.29 is 137 Å². The van der Waals surface area contributed by atoms with E-state index in [0.717, 1.165) is 74.7 Å². The Hall–Kier alpha value is -6.40. The number of hydrogen-bond donors (Lipinski definition) is 0. The van der Waals surface area contributed by atoms with Crippen LogP contribution in [0.3, 0.4) is 0 Å². The van der Waals surface area contributed by atoms with Crippen molar-refractivity contribution in [2.24, 2.45) is 0 Å². The summed E-state index contributed by atoms with van der Waals surface area (Å²) < 4.78 is 160. The molecule has 858 valence electrons. The summed E-state index contributed by atoms with van der Waals surface area (Å²) in [7, 11) is 0. The third kappa shape index (κ3) is 91.9. The fourth-order valence-electron chi connectivity index (χ4n) is 12.6. The van der Waals surface area contributed by atoms with Gasteiger partial charge in [-0.05, 0) is 328 Å². The van der Waals surface area contributed by atoms with E-state index < -0.39 is 0 Å². The van der Waals surface area contributed by atoms with Gasteiger partial charge in [-0.2, -0.15) is 0 Å². The smallest absolute Gasteiger partial charge is 0.199 e. The highest BCUT2D eigenvalue weighted by atomic mass is 16.7. The van der Waals surface area contributed by atoms with Gasteiger partial charge in [0.25, 0.3) is 0 Å². The van der Waals surface area contributed by atoms with E-state index in [0.29, 0.717) is 236 Å². The first-order chi connectivity index (χ1) is 69.7. The maximum absolute atomic E-state index is 5.79. The van der Waals surface area contributed by atoms with Gasteiger partial charge in [-0.1, -0.05) is 44.2 Å². The van der Waals surface area contributed by atoms with Crippen molar-refractivity contribution in [1.82, 2.24) is 0 Å². The van der Waals surface area contributed by atoms with Crippen molar-refractivity contribution in [1.29, 1.82) is 0 Å². The fourth-order valence-corrected chi connectivity index (χ4v) is 12.6. The molecule has 1 fully saturated rings. The highest BCUT2D eigenvalue weighted by Crippen LogP contribution is 2.35. The lowest BCUT2D eigenvalue weighted by molar-refractivity contribution is -0.199. The van der Waals surface area contributed by atoms with Crippen LogP contribution in [0.25, 0.3) is 0 Å². The van der Waals surface area contributed by atoms with Crippen LogP contribution in [0, 0.1) is 0 Å². The van der Waals surface area contributed by atoms with Gasteiger partial charge in [0.2, 0.25) is 0 Å². The first kappa shape index (κ1) is 143. The Kier molecular flexibility index (Phi) is 89.4.